The van der Waals surface area contributed by atoms with Gasteiger partial charge in [-0.2, -0.15) is 4.98 Å². The molecule has 2 rings (SSSR count). The van der Waals surface area contributed by atoms with Gasteiger partial charge in [0.2, 0.25) is 5.89 Å². The lowest BCUT2D eigenvalue weighted by molar-refractivity contribution is 0.236. The predicted octanol–water partition coefficient (Wildman–Crippen LogP) is 0.329. The molecule has 1 aliphatic rings. The number of nitrogens with zero attached hydrogens (tertiary/aromatic N) is 2. The van der Waals surface area contributed by atoms with Crippen LogP contribution in [-0.4, -0.2) is 21.9 Å². The Morgan fingerprint density at radius 2 is 2.38 bits per heavy atom. The van der Waals surface area contributed by atoms with Crippen LogP contribution in [-0.2, 0) is 0 Å². The van der Waals surface area contributed by atoms with Crippen LogP contribution in [0.15, 0.2) is 4.52 Å². The molecule has 1 aliphatic carbocycles. The number of rotatable bonds is 3. The second-order valence-electron chi connectivity index (χ2n) is 3.41. The first-order valence-corrected chi connectivity index (χ1v) is 4.51. The summed E-state index contributed by atoms with van der Waals surface area (Å²) in [6.45, 7) is -0.160. The molecule has 72 valence electrons. The van der Waals surface area contributed by atoms with Gasteiger partial charge in [0.15, 0.2) is 5.82 Å². The summed E-state index contributed by atoms with van der Waals surface area (Å²) in [6, 6.07) is -0.540. The Labute approximate surface area is 75.9 Å². The molecule has 0 aromatic carbocycles. The van der Waals surface area contributed by atoms with Gasteiger partial charge in [0.1, 0.15) is 6.04 Å². The molecule has 0 aliphatic heterocycles. The molecule has 0 saturated heterocycles. The molecule has 5 nitrogen and oxygen atoms in total. The summed E-state index contributed by atoms with van der Waals surface area (Å²) >= 11 is 0. The summed E-state index contributed by atoms with van der Waals surface area (Å²) in [6.07, 6.45) is 3.50. The lowest BCUT2D eigenvalue weighted by Crippen LogP contribution is -2.15. The Morgan fingerprint density at radius 3 is 2.92 bits per heavy atom. The largest absolute Gasteiger partial charge is 0.394 e. The van der Waals surface area contributed by atoms with E-state index in [1.165, 1.54) is 6.42 Å². The molecule has 1 atom stereocenters. The van der Waals surface area contributed by atoms with E-state index in [0.717, 1.165) is 18.7 Å². The molecular weight excluding hydrogens is 170 g/mol. The fourth-order valence-corrected chi connectivity index (χ4v) is 1.31. The van der Waals surface area contributed by atoms with Gasteiger partial charge in [0, 0.05) is 5.92 Å². The van der Waals surface area contributed by atoms with Gasteiger partial charge in [-0.3, -0.25) is 0 Å². The van der Waals surface area contributed by atoms with Crippen LogP contribution in [0.4, 0.5) is 0 Å². The molecule has 0 unspecified atom stereocenters. The van der Waals surface area contributed by atoms with Crippen LogP contribution in [0, 0.1) is 0 Å². The van der Waals surface area contributed by atoms with Crippen molar-refractivity contribution >= 4 is 0 Å². The standard InChI is InChI=1S/C8H13N3O2/c9-6(4-12)8-10-7(11-13-8)5-2-1-3-5/h5-6,12H,1-4,9H2/t6-/m0/s1. The van der Waals surface area contributed by atoms with Crippen molar-refractivity contribution in [3.05, 3.63) is 11.7 Å². The summed E-state index contributed by atoms with van der Waals surface area (Å²) in [5, 5.41) is 12.6. The Bertz CT molecular complexity index is 263. The number of nitrogens with two attached hydrogens (primary N) is 1. The minimum Gasteiger partial charge on any atom is -0.394 e. The number of aliphatic hydroxyl groups is 1. The van der Waals surface area contributed by atoms with Crippen LogP contribution in [0.1, 0.15) is 42.9 Å². The zero-order valence-corrected chi connectivity index (χ0v) is 7.31. The van der Waals surface area contributed by atoms with E-state index >= 15 is 0 Å². The number of hydrogen-bond donors (Lipinski definition) is 2. The monoisotopic (exact) mass is 183 g/mol. The third kappa shape index (κ3) is 1.57. The highest BCUT2D eigenvalue weighted by atomic mass is 16.5. The average molecular weight is 183 g/mol. The molecule has 1 heterocycles. The lowest BCUT2D eigenvalue weighted by Gasteiger charge is -2.20. The first-order valence-electron chi connectivity index (χ1n) is 4.51. The molecule has 0 bridgehead atoms. The Kier molecular flexibility index (Phi) is 2.28. The van der Waals surface area contributed by atoms with E-state index in [1.807, 2.05) is 0 Å². The van der Waals surface area contributed by atoms with Gasteiger partial charge in [-0.25, -0.2) is 0 Å². The zero-order chi connectivity index (χ0) is 9.26. The van der Waals surface area contributed by atoms with Crippen molar-refractivity contribution in [1.29, 1.82) is 0 Å². The van der Waals surface area contributed by atoms with E-state index in [4.69, 9.17) is 15.4 Å². The van der Waals surface area contributed by atoms with E-state index in [9.17, 15) is 0 Å². The normalized spacial score (nSPS) is 19.8. The maximum absolute atomic E-state index is 8.75. The fraction of sp³-hybridized carbons (Fsp3) is 0.750. The van der Waals surface area contributed by atoms with E-state index in [0.29, 0.717) is 11.8 Å². The highest BCUT2D eigenvalue weighted by Crippen LogP contribution is 2.34. The van der Waals surface area contributed by atoms with Crippen LogP contribution in [0.25, 0.3) is 0 Å². The van der Waals surface area contributed by atoms with Crippen LogP contribution in [0.5, 0.6) is 0 Å². The maximum Gasteiger partial charge on any atom is 0.245 e. The molecular formula is C8H13N3O2. The minimum atomic E-state index is -0.540. The van der Waals surface area contributed by atoms with Crippen LogP contribution in [0.3, 0.4) is 0 Å². The molecule has 5 heteroatoms. The summed E-state index contributed by atoms with van der Waals surface area (Å²) in [4.78, 5) is 4.14. The molecule has 1 aromatic heterocycles. The molecule has 1 saturated carbocycles. The van der Waals surface area contributed by atoms with Crippen LogP contribution in [0.2, 0.25) is 0 Å². The van der Waals surface area contributed by atoms with Crippen molar-refractivity contribution in [3.8, 4) is 0 Å². The van der Waals surface area contributed by atoms with E-state index in [1.54, 1.807) is 0 Å². The molecule has 0 radical (unpaired) electrons. The van der Waals surface area contributed by atoms with Gasteiger partial charge in [-0.15, -0.1) is 0 Å². The first-order chi connectivity index (χ1) is 6.31. The Balaban J connectivity index is 2.08. The van der Waals surface area contributed by atoms with Crippen molar-refractivity contribution in [2.75, 3.05) is 6.61 Å². The van der Waals surface area contributed by atoms with Crippen LogP contribution >= 0.6 is 0 Å². The van der Waals surface area contributed by atoms with E-state index < -0.39 is 6.04 Å². The zero-order valence-electron chi connectivity index (χ0n) is 7.31. The van der Waals surface area contributed by atoms with E-state index in [-0.39, 0.29) is 6.61 Å². The van der Waals surface area contributed by atoms with Crippen molar-refractivity contribution in [1.82, 2.24) is 10.1 Å². The molecule has 3 N–H and O–H groups in total. The first kappa shape index (κ1) is 8.65. The average Bonchev–Trinajstić information content (AvgIpc) is 2.49. The van der Waals surface area contributed by atoms with Crippen LogP contribution < -0.4 is 5.73 Å². The fourth-order valence-electron chi connectivity index (χ4n) is 1.31. The highest BCUT2D eigenvalue weighted by molar-refractivity contribution is 5.01. The van der Waals surface area contributed by atoms with Gasteiger partial charge < -0.3 is 15.4 Å². The van der Waals surface area contributed by atoms with Crippen molar-refractivity contribution < 1.29 is 9.63 Å². The van der Waals surface area contributed by atoms with Crippen molar-refractivity contribution in [2.24, 2.45) is 5.73 Å². The van der Waals surface area contributed by atoms with Gasteiger partial charge >= 0.3 is 0 Å². The highest BCUT2D eigenvalue weighted by Gasteiger charge is 2.25. The van der Waals surface area contributed by atoms with Gasteiger partial charge in [-0.1, -0.05) is 11.6 Å². The molecule has 0 amide bonds. The SMILES string of the molecule is N[C@@H](CO)c1nc(C2CCC2)no1. The predicted molar refractivity (Wildman–Crippen MR) is 44.9 cm³/mol. The summed E-state index contributed by atoms with van der Waals surface area (Å²) in [5.74, 6) is 1.53. The van der Waals surface area contributed by atoms with Gasteiger partial charge in [0.05, 0.1) is 6.61 Å². The maximum atomic E-state index is 8.75. The quantitative estimate of drug-likeness (QED) is 0.705. The summed E-state index contributed by atoms with van der Waals surface area (Å²) < 4.78 is 4.93. The minimum absolute atomic E-state index is 0.160. The topological polar surface area (TPSA) is 85.2 Å². The number of aliphatic hydroxyl groups excluding tert-OH is 1. The number of aromatic nitrogens is 2. The lowest BCUT2D eigenvalue weighted by atomic mass is 9.85. The molecule has 1 fully saturated rings. The molecule has 0 spiro atoms. The van der Waals surface area contributed by atoms with Gasteiger partial charge in [-0.05, 0) is 12.8 Å². The smallest absolute Gasteiger partial charge is 0.245 e. The summed E-state index contributed by atoms with van der Waals surface area (Å²) in [5.41, 5.74) is 5.52. The number of hydrogen-bond acceptors (Lipinski definition) is 5. The summed E-state index contributed by atoms with van der Waals surface area (Å²) in [7, 11) is 0. The Hall–Kier alpha value is -0.940. The van der Waals surface area contributed by atoms with Crippen molar-refractivity contribution in [3.63, 3.8) is 0 Å². The molecule has 1 aromatic rings. The third-order valence-corrected chi connectivity index (χ3v) is 2.44. The van der Waals surface area contributed by atoms with Crippen molar-refractivity contribution in [2.45, 2.75) is 31.2 Å². The van der Waals surface area contributed by atoms with E-state index in [2.05, 4.69) is 10.1 Å². The second kappa shape index (κ2) is 3.43. The Morgan fingerprint density at radius 1 is 1.62 bits per heavy atom. The third-order valence-electron chi connectivity index (χ3n) is 2.44. The molecule has 13 heavy (non-hydrogen) atoms. The van der Waals surface area contributed by atoms with Gasteiger partial charge in [0.25, 0.3) is 0 Å². The second-order valence-corrected chi connectivity index (χ2v) is 3.41.